The summed E-state index contributed by atoms with van der Waals surface area (Å²) in [5.74, 6) is 1.21. The van der Waals surface area contributed by atoms with Crippen molar-refractivity contribution in [2.75, 3.05) is 25.5 Å². The van der Waals surface area contributed by atoms with E-state index in [9.17, 15) is 0 Å². The van der Waals surface area contributed by atoms with Crippen LogP contribution in [-0.4, -0.2) is 37.6 Å². The third-order valence-electron chi connectivity index (χ3n) is 4.08. The van der Waals surface area contributed by atoms with Crippen molar-refractivity contribution in [3.05, 3.63) is 29.8 Å². The zero-order valence-electron chi connectivity index (χ0n) is 12.1. The molecule has 0 aromatic heterocycles. The summed E-state index contributed by atoms with van der Waals surface area (Å²) in [5.41, 5.74) is 1.48. The van der Waals surface area contributed by atoms with Gasteiger partial charge >= 0.3 is 0 Å². The highest BCUT2D eigenvalue weighted by atomic mass is 32.2. The molecule has 1 saturated heterocycles. The summed E-state index contributed by atoms with van der Waals surface area (Å²) in [4.78, 5) is 1.45. The van der Waals surface area contributed by atoms with Gasteiger partial charge in [0.25, 0.3) is 0 Å². The SMILES string of the molecule is CC(CC1COCCN1)NC1CCSc2ccccc21. The Hall–Kier alpha value is -0.550. The standard InChI is InChI=1S/C16H24N2OS/c1-12(10-13-11-19-8-7-17-13)18-15-6-9-20-16-5-3-2-4-14(15)16/h2-5,12-13,15,17-18H,6-11H2,1H3. The van der Waals surface area contributed by atoms with E-state index in [1.54, 1.807) is 0 Å². The lowest BCUT2D eigenvalue weighted by Gasteiger charge is -2.31. The number of rotatable bonds is 4. The van der Waals surface area contributed by atoms with Crippen molar-refractivity contribution in [2.45, 2.75) is 42.8 Å². The van der Waals surface area contributed by atoms with Crippen molar-refractivity contribution in [3.63, 3.8) is 0 Å². The molecule has 4 heteroatoms. The lowest BCUT2D eigenvalue weighted by molar-refractivity contribution is 0.0707. The minimum atomic E-state index is 0.499. The normalized spacial score (nSPS) is 27.9. The van der Waals surface area contributed by atoms with E-state index in [4.69, 9.17) is 4.74 Å². The number of hydrogen-bond donors (Lipinski definition) is 2. The van der Waals surface area contributed by atoms with Crippen LogP contribution in [0.5, 0.6) is 0 Å². The zero-order chi connectivity index (χ0) is 13.8. The number of ether oxygens (including phenoxy) is 1. The van der Waals surface area contributed by atoms with E-state index >= 15 is 0 Å². The predicted molar refractivity (Wildman–Crippen MR) is 84.3 cm³/mol. The predicted octanol–water partition coefficient (Wildman–Crippen LogP) is 2.58. The van der Waals surface area contributed by atoms with Crippen molar-refractivity contribution in [3.8, 4) is 0 Å². The summed E-state index contributed by atoms with van der Waals surface area (Å²) in [7, 11) is 0. The Bertz CT molecular complexity index is 434. The van der Waals surface area contributed by atoms with Gasteiger partial charge in [0.05, 0.1) is 13.2 Å². The fourth-order valence-electron chi connectivity index (χ4n) is 3.12. The van der Waals surface area contributed by atoms with E-state index in [1.807, 2.05) is 11.8 Å². The summed E-state index contributed by atoms with van der Waals surface area (Å²) >= 11 is 1.98. The van der Waals surface area contributed by atoms with Crippen LogP contribution in [0, 0.1) is 0 Å². The van der Waals surface area contributed by atoms with Gasteiger partial charge in [0.15, 0.2) is 0 Å². The summed E-state index contributed by atoms with van der Waals surface area (Å²) in [5, 5.41) is 7.35. The molecule has 0 bridgehead atoms. The molecule has 3 unspecified atom stereocenters. The molecular formula is C16H24N2OS. The summed E-state index contributed by atoms with van der Waals surface area (Å²) in [6.07, 6.45) is 2.35. The molecule has 3 nitrogen and oxygen atoms in total. The maximum atomic E-state index is 5.54. The molecule has 0 spiro atoms. The van der Waals surface area contributed by atoms with Gasteiger partial charge in [0.2, 0.25) is 0 Å². The molecule has 20 heavy (non-hydrogen) atoms. The van der Waals surface area contributed by atoms with Crippen molar-refractivity contribution in [1.82, 2.24) is 10.6 Å². The molecule has 2 heterocycles. The molecule has 0 saturated carbocycles. The summed E-state index contributed by atoms with van der Waals surface area (Å²) < 4.78 is 5.54. The van der Waals surface area contributed by atoms with E-state index < -0.39 is 0 Å². The number of nitrogens with one attached hydrogen (secondary N) is 2. The first-order chi connectivity index (χ1) is 9.83. The van der Waals surface area contributed by atoms with Gasteiger partial charge in [-0.3, -0.25) is 0 Å². The fourth-order valence-corrected chi connectivity index (χ4v) is 4.25. The molecule has 110 valence electrons. The minimum Gasteiger partial charge on any atom is -0.379 e. The second-order valence-electron chi connectivity index (χ2n) is 5.76. The van der Waals surface area contributed by atoms with Crippen LogP contribution < -0.4 is 10.6 Å². The Morgan fingerprint density at radius 1 is 1.45 bits per heavy atom. The molecule has 3 rings (SSSR count). The molecular weight excluding hydrogens is 268 g/mol. The Labute approximate surface area is 125 Å². The topological polar surface area (TPSA) is 33.3 Å². The fraction of sp³-hybridized carbons (Fsp3) is 0.625. The van der Waals surface area contributed by atoms with Gasteiger partial charge in [-0.1, -0.05) is 18.2 Å². The van der Waals surface area contributed by atoms with Crippen molar-refractivity contribution >= 4 is 11.8 Å². The summed E-state index contributed by atoms with van der Waals surface area (Å²) in [6.45, 7) is 4.98. The second-order valence-corrected chi connectivity index (χ2v) is 6.89. The summed E-state index contributed by atoms with van der Waals surface area (Å²) in [6, 6.07) is 10.3. The van der Waals surface area contributed by atoms with Gasteiger partial charge in [0, 0.05) is 29.6 Å². The minimum absolute atomic E-state index is 0.499. The monoisotopic (exact) mass is 292 g/mol. The van der Waals surface area contributed by atoms with Gasteiger partial charge in [-0.2, -0.15) is 0 Å². The number of morpholine rings is 1. The third kappa shape index (κ3) is 3.55. The van der Waals surface area contributed by atoms with Crippen LogP contribution >= 0.6 is 11.8 Å². The highest BCUT2D eigenvalue weighted by Gasteiger charge is 2.23. The maximum Gasteiger partial charge on any atom is 0.0620 e. The molecule has 1 fully saturated rings. The average molecular weight is 292 g/mol. The van der Waals surface area contributed by atoms with Crippen LogP contribution in [-0.2, 0) is 4.74 Å². The third-order valence-corrected chi connectivity index (χ3v) is 5.20. The van der Waals surface area contributed by atoms with Gasteiger partial charge in [-0.25, -0.2) is 0 Å². The van der Waals surface area contributed by atoms with Crippen molar-refractivity contribution in [1.29, 1.82) is 0 Å². The molecule has 0 aliphatic carbocycles. The van der Waals surface area contributed by atoms with Crippen molar-refractivity contribution < 1.29 is 4.74 Å². The Morgan fingerprint density at radius 2 is 2.35 bits per heavy atom. The molecule has 2 N–H and O–H groups in total. The molecule has 3 atom stereocenters. The van der Waals surface area contributed by atoms with E-state index in [1.165, 1.54) is 22.6 Å². The highest BCUT2D eigenvalue weighted by molar-refractivity contribution is 7.99. The number of benzene rings is 1. The van der Waals surface area contributed by atoms with Crippen LogP contribution in [0.2, 0.25) is 0 Å². The van der Waals surface area contributed by atoms with Crippen LogP contribution in [0.15, 0.2) is 29.2 Å². The van der Waals surface area contributed by atoms with Gasteiger partial charge in [0.1, 0.15) is 0 Å². The lowest BCUT2D eigenvalue weighted by Crippen LogP contribution is -2.45. The van der Waals surface area contributed by atoms with Gasteiger partial charge in [-0.05, 0) is 37.1 Å². The molecule has 0 radical (unpaired) electrons. The van der Waals surface area contributed by atoms with Crippen LogP contribution in [0.25, 0.3) is 0 Å². The Kier molecular flexibility index (Phi) is 4.99. The number of fused-ring (bicyclic) bond motifs is 1. The first-order valence-electron chi connectivity index (χ1n) is 7.62. The highest BCUT2D eigenvalue weighted by Crippen LogP contribution is 2.36. The van der Waals surface area contributed by atoms with Crippen LogP contribution in [0.4, 0.5) is 0 Å². The average Bonchev–Trinajstić information content (AvgIpc) is 2.48. The number of thioether (sulfide) groups is 1. The van der Waals surface area contributed by atoms with E-state index in [-0.39, 0.29) is 0 Å². The second kappa shape index (κ2) is 6.94. The molecule has 2 aliphatic rings. The van der Waals surface area contributed by atoms with E-state index in [2.05, 4.69) is 41.8 Å². The quantitative estimate of drug-likeness (QED) is 0.894. The smallest absolute Gasteiger partial charge is 0.0620 e. The Balaban J connectivity index is 1.57. The zero-order valence-corrected chi connectivity index (χ0v) is 12.9. The first kappa shape index (κ1) is 14.4. The largest absolute Gasteiger partial charge is 0.379 e. The number of hydrogen-bond acceptors (Lipinski definition) is 4. The maximum absolute atomic E-state index is 5.54. The lowest BCUT2D eigenvalue weighted by atomic mass is 10.0. The van der Waals surface area contributed by atoms with Crippen LogP contribution in [0.3, 0.4) is 0 Å². The first-order valence-corrected chi connectivity index (χ1v) is 8.60. The van der Waals surface area contributed by atoms with Crippen LogP contribution in [0.1, 0.15) is 31.4 Å². The van der Waals surface area contributed by atoms with Gasteiger partial charge in [-0.15, -0.1) is 11.8 Å². The molecule has 1 aromatic rings. The Morgan fingerprint density at radius 3 is 3.20 bits per heavy atom. The molecule has 0 amide bonds. The molecule has 1 aromatic carbocycles. The van der Waals surface area contributed by atoms with E-state index in [0.29, 0.717) is 18.1 Å². The van der Waals surface area contributed by atoms with Crippen molar-refractivity contribution in [2.24, 2.45) is 0 Å². The van der Waals surface area contributed by atoms with Gasteiger partial charge < -0.3 is 15.4 Å². The van der Waals surface area contributed by atoms with E-state index in [0.717, 1.165) is 26.2 Å². The molecule has 2 aliphatic heterocycles.